The smallest absolute Gasteiger partial charge is 0.237 e. The van der Waals surface area contributed by atoms with E-state index in [1.807, 2.05) is 31.2 Å². The van der Waals surface area contributed by atoms with E-state index < -0.39 is 0 Å². The Morgan fingerprint density at radius 2 is 1.92 bits per heavy atom. The van der Waals surface area contributed by atoms with Crippen LogP contribution in [-0.4, -0.2) is 50.2 Å². The third-order valence-electron chi connectivity index (χ3n) is 4.66. The number of likely N-dealkylation sites (tertiary alicyclic amines) is 1. The Morgan fingerprint density at radius 3 is 2.62 bits per heavy atom. The van der Waals surface area contributed by atoms with E-state index in [4.69, 9.17) is 4.74 Å². The minimum Gasteiger partial charge on any atom is -0.383 e. The molecule has 2 N–H and O–H groups in total. The Bertz CT molecular complexity index is 499. The van der Waals surface area contributed by atoms with E-state index in [1.165, 1.54) is 25.7 Å². The number of nitrogens with zero attached hydrogens (tertiary/aromatic N) is 1. The highest BCUT2D eigenvalue weighted by Crippen LogP contribution is 2.15. The van der Waals surface area contributed by atoms with E-state index in [0.717, 1.165) is 30.9 Å². The third-order valence-corrected chi connectivity index (χ3v) is 4.66. The third kappa shape index (κ3) is 5.80. The van der Waals surface area contributed by atoms with Gasteiger partial charge in [-0.15, -0.1) is 0 Å². The summed E-state index contributed by atoms with van der Waals surface area (Å²) < 4.78 is 5.07. The molecule has 134 valence electrons. The van der Waals surface area contributed by atoms with Crippen LogP contribution in [-0.2, 0) is 16.1 Å². The first kappa shape index (κ1) is 18.7. The van der Waals surface area contributed by atoms with Gasteiger partial charge in [-0.05, 0) is 44.5 Å². The number of anilines is 1. The number of hydrogen-bond donors (Lipinski definition) is 2. The van der Waals surface area contributed by atoms with E-state index in [0.29, 0.717) is 13.2 Å². The molecule has 0 aromatic heterocycles. The average molecular weight is 333 g/mol. The molecule has 1 saturated heterocycles. The van der Waals surface area contributed by atoms with Crippen LogP contribution in [0.15, 0.2) is 24.3 Å². The Balaban J connectivity index is 1.86. The largest absolute Gasteiger partial charge is 0.383 e. The summed E-state index contributed by atoms with van der Waals surface area (Å²) in [7, 11) is 1.69. The SMILES string of the molecule is COCCNc1ccccc1CNC(=O)[C@@H](C)N1CCCCCC1. The molecule has 0 spiro atoms. The molecule has 1 aromatic rings. The highest BCUT2D eigenvalue weighted by atomic mass is 16.5. The predicted octanol–water partition coefficient (Wildman–Crippen LogP) is 2.63. The molecule has 1 amide bonds. The maximum atomic E-state index is 12.5. The quantitative estimate of drug-likeness (QED) is 0.718. The minimum absolute atomic E-state index is 0.0586. The number of nitrogens with one attached hydrogen (secondary N) is 2. The van der Waals surface area contributed by atoms with Gasteiger partial charge in [0, 0.05) is 25.9 Å². The Labute approximate surface area is 145 Å². The van der Waals surface area contributed by atoms with Crippen molar-refractivity contribution >= 4 is 11.6 Å². The van der Waals surface area contributed by atoms with Gasteiger partial charge in [-0.1, -0.05) is 31.0 Å². The average Bonchev–Trinajstić information content (AvgIpc) is 2.89. The number of para-hydroxylation sites is 1. The van der Waals surface area contributed by atoms with Gasteiger partial charge < -0.3 is 15.4 Å². The van der Waals surface area contributed by atoms with E-state index in [1.54, 1.807) is 7.11 Å². The molecule has 1 aliphatic rings. The van der Waals surface area contributed by atoms with Crippen LogP contribution in [0.3, 0.4) is 0 Å². The molecular formula is C19H31N3O2. The van der Waals surface area contributed by atoms with E-state index in [-0.39, 0.29) is 11.9 Å². The zero-order valence-electron chi connectivity index (χ0n) is 15.0. The predicted molar refractivity (Wildman–Crippen MR) is 98.2 cm³/mol. The molecule has 1 aromatic carbocycles. The number of methoxy groups -OCH3 is 1. The van der Waals surface area contributed by atoms with Gasteiger partial charge in [0.1, 0.15) is 0 Å². The molecular weight excluding hydrogens is 302 g/mol. The summed E-state index contributed by atoms with van der Waals surface area (Å²) >= 11 is 0. The fraction of sp³-hybridized carbons (Fsp3) is 0.632. The summed E-state index contributed by atoms with van der Waals surface area (Å²) in [4.78, 5) is 14.8. The number of carbonyl (C=O) groups is 1. The van der Waals surface area contributed by atoms with E-state index >= 15 is 0 Å². The molecule has 1 aliphatic heterocycles. The fourth-order valence-electron chi connectivity index (χ4n) is 3.11. The van der Waals surface area contributed by atoms with Crippen molar-refractivity contribution in [1.82, 2.24) is 10.2 Å². The van der Waals surface area contributed by atoms with Gasteiger partial charge in [-0.25, -0.2) is 0 Å². The molecule has 1 heterocycles. The van der Waals surface area contributed by atoms with Crippen molar-refractivity contribution in [2.24, 2.45) is 0 Å². The fourth-order valence-corrected chi connectivity index (χ4v) is 3.11. The molecule has 2 rings (SSSR count). The van der Waals surface area contributed by atoms with Gasteiger partial charge in [-0.3, -0.25) is 9.69 Å². The first-order valence-electron chi connectivity index (χ1n) is 9.05. The molecule has 0 bridgehead atoms. The molecule has 0 saturated carbocycles. The molecule has 0 aliphatic carbocycles. The lowest BCUT2D eigenvalue weighted by atomic mass is 10.1. The second kappa shape index (κ2) is 10.3. The summed E-state index contributed by atoms with van der Waals surface area (Å²) in [6.45, 7) is 6.04. The lowest BCUT2D eigenvalue weighted by Gasteiger charge is -2.26. The first-order chi connectivity index (χ1) is 11.7. The van der Waals surface area contributed by atoms with Crippen molar-refractivity contribution in [3.05, 3.63) is 29.8 Å². The Morgan fingerprint density at radius 1 is 1.21 bits per heavy atom. The summed E-state index contributed by atoms with van der Waals surface area (Å²) in [5, 5.41) is 6.45. The van der Waals surface area contributed by atoms with Crippen molar-refractivity contribution in [2.45, 2.75) is 45.2 Å². The molecule has 5 heteroatoms. The maximum absolute atomic E-state index is 12.5. The Kier molecular flexibility index (Phi) is 8.05. The topological polar surface area (TPSA) is 53.6 Å². The lowest BCUT2D eigenvalue weighted by molar-refractivity contribution is -0.126. The second-order valence-electron chi connectivity index (χ2n) is 6.42. The normalized spacial score (nSPS) is 17.1. The molecule has 1 fully saturated rings. The van der Waals surface area contributed by atoms with Crippen LogP contribution in [0, 0.1) is 0 Å². The lowest BCUT2D eigenvalue weighted by Crippen LogP contribution is -2.45. The van der Waals surface area contributed by atoms with Crippen LogP contribution in [0.5, 0.6) is 0 Å². The summed E-state index contributed by atoms with van der Waals surface area (Å²) in [6.07, 6.45) is 4.96. The maximum Gasteiger partial charge on any atom is 0.237 e. The number of rotatable bonds is 8. The first-order valence-corrected chi connectivity index (χ1v) is 9.05. The van der Waals surface area contributed by atoms with Crippen LogP contribution in [0.1, 0.15) is 38.2 Å². The highest BCUT2D eigenvalue weighted by molar-refractivity contribution is 5.81. The van der Waals surface area contributed by atoms with Crippen molar-refractivity contribution in [1.29, 1.82) is 0 Å². The highest BCUT2D eigenvalue weighted by Gasteiger charge is 2.21. The number of benzene rings is 1. The second-order valence-corrected chi connectivity index (χ2v) is 6.42. The standard InChI is InChI=1S/C19H31N3O2/c1-16(22-12-7-3-4-8-13-22)19(23)21-15-17-9-5-6-10-18(17)20-11-14-24-2/h5-6,9-10,16,20H,3-4,7-8,11-15H2,1-2H3,(H,21,23)/t16-/m1/s1. The van der Waals surface area contributed by atoms with Crippen molar-refractivity contribution < 1.29 is 9.53 Å². The van der Waals surface area contributed by atoms with Crippen LogP contribution in [0.2, 0.25) is 0 Å². The minimum atomic E-state index is -0.0586. The van der Waals surface area contributed by atoms with Gasteiger partial charge in [0.2, 0.25) is 5.91 Å². The summed E-state index contributed by atoms with van der Waals surface area (Å²) in [5.41, 5.74) is 2.15. The van der Waals surface area contributed by atoms with Gasteiger partial charge in [0.15, 0.2) is 0 Å². The Hall–Kier alpha value is -1.59. The van der Waals surface area contributed by atoms with Crippen LogP contribution >= 0.6 is 0 Å². The van der Waals surface area contributed by atoms with Crippen molar-refractivity contribution in [2.75, 3.05) is 38.7 Å². The number of hydrogen-bond acceptors (Lipinski definition) is 4. The van der Waals surface area contributed by atoms with E-state index in [9.17, 15) is 4.79 Å². The van der Waals surface area contributed by atoms with E-state index in [2.05, 4.69) is 15.5 Å². The molecule has 1 atom stereocenters. The van der Waals surface area contributed by atoms with Gasteiger partial charge in [0.05, 0.1) is 12.6 Å². The van der Waals surface area contributed by atoms with Crippen molar-refractivity contribution in [3.63, 3.8) is 0 Å². The number of amides is 1. The zero-order chi connectivity index (χ0) is 17.2. The number of ether oxygens (including phenoxy) is 1. The molecule has 0 unspecified atom stereocenters. The molecule has 0 radical (unpaired) electrons. The summed E-state index contributed by atoms with van der Waals surface area (Å²) in [6, 6.07) is 8.03. The van der Waals surface area contributed by atoms with Crippen molar-refractivity contribution in [3.8, 4) is 0 Å². The number of carbonyl (C=O) groups excluding carboxylic acids is 1. The van der Waals surface area contributed by atoms with Crippen LogP contribution in [0.25, 0.3) is 0 Å². The van der Waals surface area contributed by atoms with Crippen LogP contribution < -0.4 is 10.6 Å². The molecule has 24 heavy (non-hydrogen) atoms. The summed E-state index contributed by atoms with van der Waals surface area (Å²) in [5.74, 6) is 0.114. The van der Waals surface area contributed by atoms with Crippen LogP contribution in [0.4, 0.5) is 5.69 Å². The van der Waals surface area contributed by atoms with Gasteiger partial charge in [-0.2, -0.15) is 0 Å². The van der Waals surface area contributed by atoms with Gasteiger partial charge >= 0.3 is 0 Å². The monoisotopic (exact) mass is 333 g/mol. The molecule has 5 nitrogen and oxygen atoms in total. The van der Waals surface area contributed by atoms with Gasteiger partial charge in [0.25, 0.3) is 0 Å². The zero-order valence-corrected chi connectivity index (χ0v) is 15.0.